The molecule has 0 fully saturated rings. The number of nitrogens with two attached hydrogens (primary N) is 1. The first-order valence-electron chi connectivity index (χ1n) is 10.3. The smallest absolute Gasteiger partial charge is 0.253 e. The lowest BCUT2D eigenvalue weighted by molar-refractivity contribution is 0.629. The van der Waals surface area contributed by atoms with E-state index in [1.165, 1.54) is 0 Å². The van der Waals surface area contributed by atoms with E-state index in [-0.39, 0.29) is 5.56 Å². The number of fused-ring (bicyclic) bond motifs is 2. The molecule has 154 valence electrons. The van der Waals surface area contributed by atoms with Crippen LogP contribution in [0.4, 0.5) is 0 Å². The van der Waals surface area contributed by atoms with Crippen molar-refractivity contribution in [2.75, 3.05) is 6.54 Å². The average Bonchev–Trinajstić information content (AvgIpc) is 2.82. The summed E-state index contributed by atoms with van der Waals surface area (Å²) in [6, 6.07) is 12.2. The Bertz CT molecular complexity index is 1370. The highest BCUT2D eigenvalue weighted by Crippen LogP contribution is 2.29. The van der Waals surface area contributed by atoms with E-state index >= 15 is 0 Å². The van der Waals surface area contributed by atoms with Crippen LogP contribution in [0.2, 0.25) is 0 Å². The highest BCUT2D eigenvalue weighted by molar-refractivity contribution is 5.88. The van der Waals surface area contributed by atoms with Crippen LogP contribution < -0.4 is 16.6 Å². The van der Waals surface area contributed by atoms with Gasteiger partial charge in [-0.2, -0.15) is 0 Å². The van der Waals surface area contributed by atoms with E-state index in [1.54, 1.807) is 24.0 Å². The van der Waals surface area contributed by atoms with E-state index in [0.717, 1.165) is 62.8 Å². The molecule has 0 saturated carbocycles. The van der Waals surface area contributed by atoms with Crippen molar-refractivity contribution in [2.45, 2.75) is 13.0 Å². The fourth-order valence-corrected chi connectivity index (χ4v) is 4.26. The molecule has 5 rings (SSSR count). The first-order valence-corrected chi connectivity index (χ1v) is 10.3. The fourth-order valence-electron chi connectivity index (χ4n) is 4.26. The van der Waals surface area contributed by atoms with Crippen molar-refractivity contribution in [1.82, 2.24) is 19.9 Å². The van der Waals surface area contributed by atoms with Gasteiger partial charge in [-0.05, 0) is 47.7 Å². The first kappa shape index (κ1) is 19.2. The molecule has 0 atom stereocenters. The van der Waals surface area contributed by atoms with E-state index < -0.39 is 0 Å². The molecule has 0 unspecified atom stereocenters. The van der Waals surface area contributed by atoms with Crippen LogP contribution in [0.3, 0.4) is 0 Å². The summed E-state index contributed by atoms with van der Waals surface area (Å²) in [5.41, 5.74) is 12.8. The summed E-state index contributed by atoms with van der Waals surface area (Å²) in [4.78, 5) is 21.4. The van der Waals surface area contributed by atoms with Crippen molar-refractivity contribution in [3.8, 4) is 11.1 Å². The molecule has 31 heavy (non-hydrogen) atoms. The van der Waals surface area contributed by atoms with E-state index in [0.29, 0.717) is 6.54 Å². The highest BCUT2D eigenvalue weighted by Gasteiger charge is 2.19. The van der Waals surface area contributed by atoms with Crippen LogP contribution in [0.1, 0.15) is 22.4 Å². The number of benzene rings is 1. The second-order valence-corrected chi connectivity index (χ2v) is 7.79. The molecule has 4 heterocycles. The maximum Gasteiger partial charge on any atom is 0.253 e. The molecule has 0 amide bonds. The maximum atomic E-state index is 12.5. The van der Waals surface area contributed by atoms with Gasteiger partial charge in [-0.3, -0.25) is 14.8 Å². The molecule has 3 aromatic heterocycles. The number of rotatable bonds is 3. The highest BCUT2D eigenvalue weighted by atomic mass is 16.1. The standard InChI is InChI=1S/C25H23N5O/c1-30-15-23(22-14-28-9-7-20(22)25(30)31)19-4-5-24(29-13-19)21(11-26)17-2-3-18-12-27-8-6-16(18)10-17/h2-6,8,10-13,15,28H,7,9,14,26H2,1H3. The van der Waals surface area contributed by atoms with Gasteiger partial charge in [0.15, 0.2) is 0 Å². The summed E-state index contributed by atoms with van der Waals surface area (Å²) in [6.07, 6.45) is 9.75. The molecule has 0 saturated heterocycles. The third-order valence-corrected chi connectivity index (χ3v) is 5.91. The topological polar surface area (TPSA) is 85.8 Å². The van der Waals surface area contributed by atoms with Gasteiger partial charge in [-0.1, -0.05) is 18.2 Å². The maximum absolute atomic E-state index is 12.5. The molecular formula is C25H23N5O. The Morgan fingerprint density at radius 1 is 1.13 bits per heavy atom. The van der Waals surface area contributed by atoms with Gasteiger partial charge in [0.1, 0.15) is 0 Å². The fraction of sp³-hybridized carbons (Fsp3) is 0.160. The van der Waals surface area contributed by atoms with E-state index in [9.17, 15) is 4.79 Å². The largest absolute Gasteiger partial charge is 0.404 e. The second-order valence-electron chi connectivity index (χ2n) is 7.79. The van der Waals surface area contributed by atoms with Crippen LogP contribution in [-0.2, 0) is 20.0 Å². The SMILES string of the molecule is Cn1cc(-c2ccc(C(=CN)c3ccc4cnccc4c3)nc2)c2c(c1=O)CCNC2. The van der Waals surface area contributed by atoms with Crippen molar-refractivity contribution >= 4 is 16.3 Å². The minimum absolute atomic E-state index is 0.0877. The lowest BCUT2D eigenvalue weighted by Gasteiger charge is -2.21. The molecule has 1 aliphatic rings. The van der Waals surface area contributed by atoms with Crippen molar-refractivity contribution in [3.05, 3.63) is 100 Å². The lowest BCUT2D eigenvalue weighted by Crippen LogP contribution is -2.33. The molecule has 0 radical (unpaired) electrons. The van der Waals surface area contributed by atoms with Gasteiger partial charge in [-0.15, -0.1) is 0 Å². The Labute approximate surface area is 180 Å². The van der Waals surface area contributed by atoms with Crippen molar-refractivity contribution in [2.24, 2.45) is 12.8 Å². The van der Waals surface area contributed by atoms with Crippen molar-refractivity contribution < 1.29 is 0 Å². The number of nitrogens with one attached hydrogen (secondary N) is 1. The molecule has 1 aliphatic heterocycles. The Morgan fingerprint density at radius 2 is 2.03 bits per heavy atom. The quantitative estimate of drug-likeness (QED) is 0.543. The van der Waals surface area contributed by atoms with Gasteiger partial charge < -0.3 is 15.6 Å². The summed E-state index contributed by atoms with van der Waals surface area (Å²) in [7, 11) is 1.81. The molecule has 0 bridgehead atoms. The summed E-state index contributed by atoms with van der Waals surface area (Å²) >= 11 is 0. The normalized spacial score (nSPS) is 13.9. The Balaban J connectivity index is 1.54. The number of nitrogens with zero attached hydrogens (tertiary/aromatic N) is 3. The Hall–Kier alpha value is -3.77. The summed E-state index contributed by atoms with van der Waals surface area (Å²) in [5, 5.41) is 5.56. The van der Waals surface area contributed by atoms with Gasteiger partial charge >= 0.3 is 0 Å². The third-order valence-electron chi connectivity index (χ3n) is 5.91. The van der Waals surface area contributed by atoms with E-state index in [2.05, 4.69) is 16.4 Å². The van der Waals surface area contributed by atoms with Gasteiger partial charge in [0.05, 0.1) is 5.69 Å². The Kier molecular flexibility index (Phi) is 4.84. The average molecular weight is 409 g/mol. The first-order chi connectivity index (χ1) is 15.2. The summed E-state index contributed by atoms with van der Waals surface area (Å²) < 4.78 is 1.67. The zero-order chi connectivity index (χ0) is 21.4. The van der Waals surface area contributed by atoms with Crippen LogP contribution in [-0.4, -0.2) is 21.1 Å². The van der Waals surface area contributed by atoms with Crippen LogP contribution in [0, 0.1) is 0 Å². The van der Waals surface area contributed by atoms with Crippen LogP contribution in [0.25, 0.3) is 27.5 Å². The van der Waals surface area contributed by atoms with Crippen LogP contribution >= 0.6 is 0 Å². The van der Waals surface area contributed by atoms with Gasteiger partial charge in [0.2, 0.25) is 0 Å². The van der Waals surface area contributed by atoms with Gasteiger partial charge in [0.25, 0.3) is 5.56 Å². The zero-order valence-electron chi connectivity index (χ0n) is 17.3. The number of aromatic nitrogens is 3. The van der Waals surface area contributed by atoms with Gasteiger partial charge in [0, 0.05) is 72.2 Å². The number of aryl methyl sites for hydroxylation is 1. The summed E-state index contributed by atoms with van der Waals surface area (Å²) in [5.74, 6) is 0. The minimum Gasteiger partial charge on any atom is -0.404 e. The monoisotopic (exact) mass is 409 g/mol. The van der Waals surface area contributed by atoms with Gasteiger partial charge in [-0.25, -0.2) is 0 Å². The molecular weight excluding hydrogens is 386 g/mol. The summed E-state index contributed by atoms with van der Waals surface area (Å²) in [6.45, 7) is 1.53. The molecule has 3 N–H and O–H groups in total. The molecule has 0 aliphatic carbocycles. The minimum atomic E-state index is 0.0877. The van der Waals surface area contributed by atoms with Crippen LogP contribution in [0.5, 0.6) is 0 Å². The molecule has 0 spiro atoms. The second kappa shape index (κ2) is 7.81. The third kappa shape index (κ3) is 3.41. The molecule has 6 heteroatoms. The number of hydrogen-bond donors (Lipinski definition) is 2. The Morgan fingerprint density at radius 3 is 2.84 bits per heavy atom. The predicted molar refractivity (Wildman–Crippen MR) is 123 cm³/mol. The van der Waals surface area contributed by atoms with E-state index in [4.69, 9.17) is 10.7 Å². The zero-order valence-corrected chi connectivity index (χ0v) is 17.3. The lowest BCUT2D eigenvalue weighted by atomic mass is 9.94. The van der Waals surface area contributed by atoms with Crippen LogP contribution in [0.15, 0.2) is 72.2 Å². The number of hydrogen-bond acceptors (Lipinski definition) is 5. The predicted octanol–water partition coefficient (Wildman–Crippen LogP) is 2.99. The van der Waals surface area contributed by atoms with Crippen molar-refractivity contribution in [3.63, 3.8) is 0 Å². The molecule has 6 nitrogen and oxygen atoms in total. The van der Waals surface area contributed by atoms with Crippen molar-refractivity contribution in [1.29, 1.82) is 0 Å². The van der Waals surface area contributed by atoms with E-state index in [1.807, 2.05) is 48.9 Å². The number of pyridine rings is 3. The molecule has 1 aromatic carbocycles. The molecule has 4 aromatic rings.